The number of aromatic nitrogens is 3. The molecule has 5 nitrogen and oxygen atoms in total. The van der Waals surface area contributed by atoms with Crippen LogP contribution in [0.15, 0.2) is 48.9 Å². The van der Waals surface area contributed by atoms with Gasteiger partial charge >= 0.3 is 0 Å². The van der Waals surface area contributed by atoms with Gasteiger partial charge in [-0.1, -0.05) is 17.7 Å². The fourth-order valence-corrected chi connectivity index (χ4v) is 3.25. The highest BCUT2D eigenvalue weighted by Crippen LogP contribution is 2.25. The standard InChI is InChI=1S/C19H21N5/c1-15-5-6-18-17(12-15)19(22-14-21-18)24-10-8-23(9-11-24)13-16-4-2-3-7-20-16/h2-7,12,14H,8-11,13H2,1H3. The summed E-state index contributed by atoms with van der Waals surface area (Å²) in [4.78, 5) is 18.2. The Bertz CT molecular complexity index is 826. The second-order valence-electron chi connectivity index (χ2n) is 6.30. The zero-order chi connectivity index (χ0) is 16.4. The molecule has 1 aliphatic heterocycles. The third-order valence-corrected chi connectivity index (χ3v) is 4.55. The van der Waals surface area contributed by atoms with Gasteiger partial charge in [0.25, 0.3) is 0 Å². The maximum atomic E-state index is 4.56. The first-order valence-electron chi connectivity index (χ1n) is 8.38. The highest BCUT2D eigenvalue weighted by molar-refractivity contribution is 5.89. The Kier molecular flexibility index (Phi) is 4.09. The predicted octanol–water partition coefficient (Wildman–Crippen LogP) is 2.66. The Balaban J connectivity index is 1.49. The Hall–Kier alpha value is -2.53. The van der Waals surface area contributed by atoms with Gasteiger partial charge in [0.1, 0.15) is 12.1 Å². The van der Waals surface area contributed by atoms with Crippen molar-refractivity contribution in [2.75, 3.05) is 31.1 Å². The Labute approximate surface area is 142 Å². The predicted molar refractivity (Wildman–Crippen MR) is 96.0 cm³/mol. The number of hydrogen-bond acceptors (Lipinski definition) is 5. The number of fused-ring (bicyclic) bond motifs is 1. The number of anilines is 1. The molecule has 122 valence electrons. The first kappa shape index (κ1) is 15.0. The van der Waals surface area contributed by atoms with E-state index in [4.69, 9.17) is 0 Å². The molecule has 1 saturated heterocycles. The van der Waals surface area contributed by atoms with E-state index in [0.717, 1.165) is 55.1 Å². The van der Waals surface area contributed by atoms with Crippen LogP contribution in [0.1, 0.15) is 11.3 Å². The van der Waals surface area contributed by atoms with Crippen LogP contribution < -0.4 is 4.90 Å². The lowest BCUT2D eigenvalue weighted by Crippen LogP contribution is -2.46. The lowest BCUT2D eigenvalue weighted by Gasteiger charge is -2.35. The van der Waals surface area contributed by atoms with Crippen molar-refractivity contribution in [1.82, 2.24) is 19.9 Å². The van der Waals surface area contributed by atoms with Gasteiger partial charge in [0.05, 0.1) is 11.2 Å². The van der Waals surface area contributed by atoms with Gasteiger partial charge < -0.3 is 4.90 Å². The summed E-state index contributed by atoms with van der Waals surface area (Å²) < 4.78 is 0. The third-order valence-electron chi connectivity index (χ3n) is 4.55. The van der Waals surface area contributed by atoms with E-state index in [0.29, 0.717) is 0 Å². The van der Waals surface area contributed by atoms with Gasteiger partial charge in [-0.25, -0.2) is 9.97 Å². The second-order valence-corrected chi connectivity index (χ2v) is 6.30. The van der Waals surface area contributed by atoms with Crippen LogP contribution in [0.2, 0.25) is 0 Å². The summed E-state index contributed by atoms with van der Waals surface area (Å²) in [5.41, 5.74) is 3.39. The van der Waals surface area contributed by atoms with Crippen molar-refractivity contribution >= 4 is 16.7 Å². The SMILES string of the molecule is Cc1ccc2ncnc(N3CCN(Cc4ccccn4)CC3)c2c1. The molecular formula is C19H21N5. The number of piperazine rings is 1. The third kappa shape index (κ3) is 3.08. The van der Waals surface area contributed by atoms with Crippen LogP contribution in [0.3, 0.4) is 0 Å². The van der Waals surface area contributed by atoms with E-state index in [2.05, 4.69) is 55.9 Å². The average molecular weight is 319 g/mol. The van der Waals surface area contributed by atoms with Crippen molar-refractivity contribution in [3.8, 4) is 0 Å². The molecular weight excluding hydrogens is 298 g/mol. The fourth-order valence-electron chi connectivity index (χ4n) is 3.25. The van der Waals surface area contributed by atoms with E-state index < -0.39 is 0 Å². The summed E-state index contributed by atoms with van der Waals surface area (Å²) in [5.74, 6) is 1.06. The molecule has 24 heavy (non-hydrogen) atoms. The van der Waals surface area contributed by atoms with Gasteiger partial charge in [-0.2, -0.15) is 0 Å². The number of pyridine rings is 1. The van der Waals surface area contributed by atoms with E-state index in [1.165, 1.54) is 5.56 Å². The van der Waals surface area contributed by atoms with Crippen molar-refractivity contribution < 1.29 is 0 Å². The molecule has 5 heteroatoms. The van der Waals surface area contributed by atoms with Gasteiger partial charge in [-0.15, -0.1) is 0 Å². The highest BCUT2D eigenvalue weighted by Gasteiger charge is 2.20. The summed E-state index contributed by atoms with van der Waals surface area (Å²) in [5, 5.41) is 1.15. The van der Waals surface area contributed by atoms with Crippen LogP contribution in [-0.4, -0.2) is 46.0 Å². The summed E-state index contributed by atoms with van der Waals surface area (Å²) in [6.45, 7) is 7.03. The molecule has 0 unspecified atom stereocenters. The molecule has 4 rings (SSSR count). The Morgan fingerprint density at radius 2 is 1.83 bits per heavy atom. The monoisotopic (exact) mass is 319 g/mol. The van der Waals surface area contributed by atoms with Crippen LogP contribution in [0.25, 0.3) is 10.9 Å². The van der Waals surface area contributed by atoms with Crippen molar-refractivity contribution in [3.05, 3.63) is 60.2 Å². The van der Waals surface area contributed by atoms with Gasteiger partial charge in [0, 0.05) is 44.3 Å². The number of benzene rings is 1. The van der Waals surface area contributed by atoms with E-state index in [9.17, 15) is 0 Å². The summed E-state index contributed by atoms with van der Waals surface area (Å²) >= 11 is 0. The first-order chi connectivity index (χ1) is 11.8. The van der Waals surface area contributed by atoms with Gasteiger partial charge in [0.15, 0.2) is 0 Å². The smallest absolute Gasteiger partial charge is 0.139 e. The largest absolute Gasteiger partial charge is 0.353 e. The number of nitrogens with zero attached hydrogens (tertiary/aromatic N) is 5. The Morgan fingerprint density at radius 3 is 2.62 bits per heavy atom. The molecule has 0 aliphatic carbocycles. The molecule has 3 aromatic rings. The van der Waals surface area contributed by atoms with Crippen LogP contribution in [0.4, 0.5) is 5.82 Å². The molecule has 2 aromatic heterocycles. The Morgan fingerprint density at radius 1 is 0.958 bits per heavy atom. The molecule has 0 amide bonds. The van der Waals surface area contributed by atoms with E-state index >= 15 is 0 Å². The van der Waals surface area contributed by atoms with Crippen LogP contribution in [0, 0.1) is 6.92 Å². The number of rotatable bonds is 3. The quantitative estimate of drug-likeness (QED) is 0.743. The summed E-state index contributed by atoms with van der Waals surface area (Å²) in [6.07, 6.45) is 3.54. The van der Waals surface area contributed by atoms with Gasteiger partial charge in [0.2, 0.25) is 0 Å². The molecule has 1 aromatic carbocycles. The maximum Gasteiger partial charge on any atom is 0.139 e. The first-order valence-corrected chi connectivity index (χ1v) is 8.38. The topological polar surface area (TPSA) is 45.2 Å². The normalized spacial score (nSPS) is 15.8. The molecule has 0 atom stereocenters. The molecule has 1 fully saturated rings. The van der Waals surface area contributed by atoms with E-state index in [1.54, 1.807) is 6.33 Å². The fraction of sp³-hybridized carbons (Fsp3) is 0.316. The minimum Gasteiger partial charge on any atom is -0.353 e. The van der Waals surface area contributed by atoms with Gasteiger partial charge in [-0.05, 0) is 31.2 Å². The van der Waals surface area contributed by atoms with Crippen LogP contribution in [0.5, 0.6) is 0 Å². The van der Waals surface area contributed by atoms with Crippen molar-refractivity contribution in [3.63, 3.8) is 0 Å². The molecule has 0 radical (unpaired) electrons. The zero-order valence-corrected chi connectivity index (χ0v) is 13.9. The molecule has 0 spiro atoms. The van der Waals surface area contributed by atoms with E-state index in [1.807, 2.05) is 18.3 Å². The summed E-state index contributed by atoms with van der Waals surface area (Å²) in [7, 11) is 0. The molecule has 0 N–H and O–H groups in total. The summed E-state index contributed by atoms with van der Waals surface area (Å²) in [6, 6.07) is 12.5. The van der Waals surface area contributed by atoms with Crippen molar-refractivity contribution in [2.24, 2.45) is 0 Å². The minimum absolute atomic E-state index is 0.915. The zero-order valence-electron chi connectivity index (χ0n) is 13.9. The highest BCUT2D eigenvalue weighted by atomic mass is 15.3. The lowest BCUT2D eigenvalue weighted by atomic mass is 10.1. The van der Waals surface area contributed by atoms with Crippen molar-refractivity contribution in [1.29, 1.82) is 0 Å². The molecule has 0 bridgehead atoms. The number of aryl methyl sites for hydroxylation is 1. The average Bonchev–Trinajstić information content (AvgIpc) is 2.63. The van der Waals surface area contributed by atoms with Crippen LogP contribution >= 0.6 is 0 Å². The maximum absolute atomic E-state index is 4.56. The van der Waals surface area contributed by atoms with Gasteiger partial charge in [-0.3, -0.25) is 9.88 Å². The lowest BCUT2D eigenvalue weighted by molar-refractivity contribution is 0.247. The molecule has 0 saturated carbocycles. The van der Waals surface area contributed by atoms with E-state index in [-0.39, 0.29) is 0 Å². The molecule has 3 heterocycles. The number of hydrogen-bond donors (Lipinski definition) is 0. The minimum atomic E-state index is 0.915. The van der Waals surface area contributed by atoms with Crippen LogP contribution in [-0.2, 0) is 6.54 Å². The molecule has 1 aliphatic rings. The second kappa shape index (κ2) is 6.53. The van der Waals surface area contributed by atoms with Crippen molar-refractivity contribution in [2.45, 2.75) is 13.5 Å².